The second-order valence-corrected chi connectivity index (χ2v) is 5.74. The van der Waals surface area contributed by atoms with Gasteiger partial charge in [0.2, 0.25) is 5.91 Å². The van der Waals surface area contributed by atoms with E-state index in [1.54, 1.807) is 0 Å². The van der Waals surface area contributed by atoms with Crippen LogP contribution in [0, 0.1) is 17.8 Å². The van der Waals surface area contributed by atoms with Crippen molar-refractivity contribution in [1.29, 1.82) is 0 Å². The summed E-state index contributed by atoms with van der Waals surface area (Å²) in [6.07, 6.45) is 5.26. The van der Waals surface area contributed by atoms with Crippen LogP contribution < -0.4 is 10.6 Å². The molecule has 0 aromatic heterocycles. The third-order valence-corrected chi connectivity index (χ3v) is 4.64. The molecule has 4 atom stereocenters. The third kappa shape index (κ3) is 2.47. The summed E-state index contributed by atoms with van der Waals surface area (Å²) in [6.45, 7) is 3.02. The summed E-state index contributed by atoms with van der Waals surface area (Å²) < 4.78 is 5.44. The Morgan fingerprint density at radius 2 is 2.29 bits per heavy atom. The maximum absolute atomic E-state index is 11.9. The Morgan fingerprint density at radius 3 is 2.94 bits per heavy atom. The Morgan fingerprint density at radius 1 is 1.35 bits per heavy atom. The minimum Gasteiger partial charge on any atom is -0.366 e. The number of ether oxygens (including phenoxy) is 1. The molecule has 0 aromatic rings. The first-order valence-corrected chi connectivity index (χ1v) is 6.93. The number of amides is 1. The smallest absolute Gasteiger partial charge is 0.250 e. The molecule has 1 saturated heterocycles. The van der Waals surface area contributed by atoms with Gasteiger partial charge in [0.1, 0.15) is 6.10 Å². The minimum absolute atomic E-state index is 0.0694. The SMILES string of the molecule is O=C(NCC1CC2CCC1C2)C1CNCCO1. The van der Waals surface area contributed by atoms with Gasteiger partial charge in [0.05, 0.1) is 6.61 Å². The summed E-state index contributed by atoms with van der Waals surface area (Å²) in [5.74, 6) is 2.63. The van der Waals surface area contributed by atoms with Crippen molar-refractivity contribution in [2.45, 2.75) is 31.8 Å². The molecule has 2 N–H and O–H groups in total. The first kappa shape index (κ1) is 11.5. The number of morpholine rings is 1. The van der Waals surface area contributed by atoms with Crippen LogP contribution in [0.25, 0.3) is 0 Å². The lowest BCUT2D eigenvalue weighted by atomic mass is 9.89. The second-order valence-electron chi connectivity index (χ2n) is 5.74. The van der Waals surface area contributed by atoms with Crippen LogP contribution >= 0.6 is 0 Å². The molecule has 2 bridgehead atoms. The van der Waals surface area contributed by atoms with E-state index in [2.05, 4.69) is 10.6 Å². The average Bonchev–Trinajstić information content (AvgIpc) is 2.99. The van der Waals surface area contributed by atoms with Gasteiger partial charge < -0.3 is 15.4 Å². The summed E-state index contributed by atoms with van der Waals surface area (Å²) in [7, 11) is 0. The number of fused-ring (bicyclic) bond motifs is 2. The maximum atomic E-state index is 11.9. The number of carbonyl (C=O) groups is 1. The van der Waals surface area contributed by atoms with E-state index in [1.165, 1.54) is 25.7 Å². The van der Waals surface area contributed by atoms with Gasteiger partial charge in [0, 0.05) is 19.6 Å². The highest BCUT2D eigenvalue weighted by Crippen LogP contribution is 2.47. The zero-order chi connectivity index (χ0) is 11.7. The van der Waals surface area contributed by atoms with E-state index in [0.717, 1.165) is 30.8 Å². The average molecular weight is 238 g/mol. The summed E-state index contributed by atoms with van der Waals surface area (Å²) in [6, 6.07) is 0. The van der Waals surface area contributed by atoms with Gasteiger partial charge in [-0.2, -0.15) is 0 Å². The molecule has 3 fully saturated rings. The van der Waals surface area contributed by atoms with Crippen LogP contribution in [-0.4, -0.2) is 38.3 Å². The van der Waals surface area contributed by atoms with Gasteiger partial charge in [-0.1, -0.05) is 6.42 Å². The zero-order valence-electron chi connectivity index (χ0n) is 10.3. The molecule has 17 heavy (non-hydrogen) atoms. The van der Waals surface area contributed by atoms with Crippen molar-refractivity contribution in [2.24, 2.45) is 17.8 Å². The fraction of sp³-hybridized carbons (Fsp3) is 0.923. The Labute approximate surface area is 102 Å². The van der Waals surface area contributed by atoms with Crippen LogP contribution in [0.4, 0.5) is 0 Å². The lowest BCUT2D eigenvalue weighted by molar-refractivity contribution is -0.134. The zero-order valence-corrected chi connectivity index (χ0v) is 10.3. The molecule has 1 heterocycles. The van der Waals surface area contributed by atoms with Crippen LogP contribution in [0.1, 0.15) is 25.7 Å². The summed E-state index contributed by atoms with van der Waals surface area (Å²) in [5.41, 5.74) is 0. The first-order chi connectivity index (χ1) is 8.33. The highest BCUT2D eigenvalue weighted by atomic mass is 16.5. The van der Waals surface area contributed by atoms with Crippen molar-refractivity contribution in [1.82, 2.24) is 10.6 Å². The van der Waals surface area contributed by atoms with E-state index in [0.29, 0.717) is 13.2 Å². The maximum Gasteiger partial charge on any atom is 0.250 e. The van der Waals surface area contributed by atoms with E-state index < -0.39 is 0 Å². The van der Waals surface area contributed by atoms with Crippen LogP contribution in [0.2, 0.25) is 0 Å². The lowest BCUT2D eigenvalue weighted by Crippen LogP contribution is -2.48. The van der Waals surface area contributed by atoms with Crippen molar-refractivity contribution >= 4 is 5.91 Å². The minimum atomic E-state index is -0.276. The Kier molecular flexibility index (Phi) is 3.34. The fourth-order valence-corrected chi connectivity index (χ4v) is 3.71. The molecular formula is C13H22N2O2. The molecule has 4 nitrogen and oxygen atoms in total. The molecule has 1 aliphatic heterocycles. The number of rotatable bonds is 3. The van der Waals surface area contributed by atoms with Crippen LogP contribution in [0.3, 0.4) is 0 Å². The van der Waals surface area contributed by atoms with E-state index >= 15 is 0 Å². The molecule has 0 spiro atoms. The monoisotopic (exact) mass is 238 g/mol. The topological polar surface area (TPSA) is 50.4 Å². The van der Waals surface area contributed by atoms with Crippen molar-refractivity contribution in [3.8, 4) is 0 Å². The predicted molar refractivity (Wildman–Crippen MR) is 64.6 cm³/mol. The van der Waals surface area contributed by atoms with Crippen molar-refractivity contribution in [2.75, 3.05) is 26.2 Å². The standard InChI is InChI=1S/C13H22N2O2/c16-13(12-8-14-3-4-17-12)15-7-11-6-9-1-2-10(11)5-9/h9-12,14H,1-8H2,(H,15,16). The molecule has 1 amide bonds. The van der Waals surface area contributed by atoms with Gasteiger partial charge >= 0.3 is 0 Å². The van der Waals surface area contributed by atoms with Gasteiger partial charge in [0.15, 0.2) is 0 Å². The van der Waals surface area contributed by atoms with E-state index in [9.17, 15) is 4.79 Å². The highest BCUT2D eigenvalue weighted by Gasteiger charge is 2.39. The van der Waals surface area contributed by atoms with Crippen molar-refractivity contribution < 1.29 is 9.53 Å². The molecular weight excluding hydrogens is 216 g/mol. The third-order valence-electron chi connectivity index (χ3n) is 4.64. The van der Waals surface area contributed by atoms with Gasteiger partial charge in [-0.3, -0.25) is 4.79 Å². The number of carbonyl (C=O) groups excluding carboxylic acids is 1. The Balaban J connectivity index is 1.43. The van der Waals surface area contributed by atoms with Crippen LogP contribution in [0.15, 0.2) is 0 Å². The predicted octanol–water partition coefficient (Wildman–Crippen LogP) is 0.527. The molecule has 4 unspecified atom stereocenters. The Hall–Kier alpha value is -0.610. The Bertz CT molecular complexity index is 289. The largest absolute Gasteiger partial charge is 0.366 e. The van der Waals surface area contributed by atoms with Crippen LogP contribution in [0.5, 0.6) is 0 Å². The molecule has 3 aliphatic rings. The molecule has 3 rings (SSSR count). The van der Waals surface area contributed by atoms with Gasteiger partial charge in [-0.05, 0) is 37.0 Å². The number of hydrogen-bond donors (Lipinski definition) is 2. The normalized spacial score (nSPS) is 40.5. The van der Waals surface area contributed by atoms with Gasteiger partial charge in [-0.25, -0.2) is 0 Å². The highest BCUT2D eigenvalue weighted by molar-refractivity contribution is 5.81. The second kappa shape index (κ2) is 4.94. The molecule has 0 aromatic carbocycles. The molecule has 96 valence electrons. The van der Waals surface area contributed by atoms with Crippen molar-refractivity contribution in [3.63, 3.8) is 0 Å². The van der Waals surface area contributed by atoms with Gasteiger partial charge in [0.25, 0.3) is 0 Å². The molecule has 2 aliphatic carbocycles. The van der Waals surface area contributed by atoms with E-state index in [4.69, 9.17) is 4.74 Å². The first-order valence-electron chi connectivity index (χ1n) is 6.93. The van der Waals surface area contributed by atoms with Gasteiger partial charge in [-0.15, -0.1) is 0 Å². The summed E-state index contributed by atoms with van der Waals surface area (Å²) in [4.78, 5) is 11.9. The number of nitrogens with one attached hydrogen (secondary N) is 2. The summed E-state index contributed by atoms with van der Waals surface area (Å²) >= 11 is 0. The van der Waals surface area contributed by atoms with E-state index in [-0.39, 0.29) is 12.0 Å². The number of hydrogen-bond acceptors (Lipinski definition) is 3. The lowest BCUT2D eigenvalue weighted by Gasteiger charge is -2.25. The molecule has 4 heteroatoms. The summed E-state index contributed by atoms with van der Waals surface area (Å²) in [5, 5.41) is 6.26. The fourth-order valence-electron chi connectivity index (χ4n) is 3.71. The van der Waals surface area contributed by atoms with Crippen molar-refractivity contribution in [3.05, 3.63) is 0 Å². The molecule has 2 saturated carbocycles. The van der Waals surface area contributed by atoms with Crippen LogP contribution in [-0.2, 0) is 9.53 Å². The van der Waals surface area contributed by atoms with E-state index in [1.807, 2.05) is 0 Å². The quantitative estimate of drug-likeness (QED) is 0.754. The molecule has 0 radical (unpaired) electrons.